The molecule has 1 heterocycles. The van der Waals surface area contributed by atoms with Crippen LogP contribution >= 0.6 is 24.8 Å². The first-order valence-electron chi connectivity index (χ1n) is 8.30. The highest BCUT2D eigenvalue weighted by Crippen LogP contribution is 2.34. The van der Waals surface area contributed by atoms with E-state index in [-0.39, 0.29) is 48.4 Å². The van der Waals surface area contributed by atoms with Gasteiger partial charge in [-0.05, 0) is 50.9 Å². The monoisotopic (exact) mass is 415 g/mol. The second-order valence-electron chi connectivity index (χ2n) is 6.25. The zero-order valence-electron chi connectivity index (χ0n) is 14.8. The van der Waals surface area contributed by atoms with Crippen LogP contribution in [0.3, 0.4) is 0 Å². The Morgan fingerprint density at radius 3 is 2.54 bits per heavy atom. The lowest BCUT2D eigenvalue weighted by atomic mass is 9.92. The van der Waals surface area contributed by atoms with Gasteiger partial charge in [0.2, 0.25) is 5.91 Å². The van der Waals surface area contributed by atoms with Gasteiger partial charge in [-0.1, -0.05) is 6.92 Å². The normalized spacial score (nSPS) is 19.7. The molecule has 0 radical (unpaired) electrons. The van der Waals surface area contributed by atoms with Crippen molar-refractivity contribution in [3.63, 3.8) is 0 Å². The van der Waals surface area contributed by atoms with Crippen LogP contribution in [0.5, 0.6) is 0 Å². The average Bonchev–Trinajstić information content (AvgIpc) is 2.52. The molecule has 9 heteroatoms. The second kappa shape index (κ2) is 10.8. The molecule has 1 aromatic carbocycles. The lowest BCUT2D eigenvalue weighted by Gasteiger charge is -2.27. The molecule has 0 saturated carbocycles. The molecular formula is C17H26Cl2F3N3O. The van der Waals surface area contributed by atoms with E-state index in [0.29, 0.717) is 25.1 Å². The van der Waals surface area contributed by atoms with Crippen LogP contribution in [0.2, 0.25) is 0 Å². The topological polar surface area (TPSA) is 53.2 Å². The van der Waals surface area contributed by atoms with Crippen LogP contribution in [-0.4, -0.2) is 25.0 Å². The fourth-order valence-corrected chi connectivity index (χ4v) is 2.84. The van der Waals surface area contributed by atoms with Crippen molar-refractivity contribution in [2.45, 2.75) is 45.3 Å². The van der Waals surface area contributed by atoms with Gasteiger partial charge in [-0.3, -0.25) is 4.79 Å². The van der Waals surface area contributed by atoms with Crippen molar-refractivity contribution in [2.24, 2.45) is 5.92 Å². The quantitative estimate of drug-likeness (QED) is 0.653. The molecule has 2 rings (SSSR count). The van der Waals surface area contributed by atoms with E-state index in [0.717, 1.165) is 25.1 Å². The molecule has 1 fully saturated rings. The lowest BCUT2D eigenvalue weighted by Crippen LogP contribution is -2.40. The SMILES string of the molecule is CCCNc1ccc(C(F)(F)F)cc1NC(=O)[C@H]1CCN[C@@H](C)C1.Cl.Cl. The maximum Gasteiger partial charge on any atom is 0.416 e. The summed E-state index contributed by atoms with van der Waals surface area (Å²) in [4.78, 5) is 12.5. The molecule has 1 amide bonds. The van der Waals surface area contributed by atoms with Gasteiger partial charge in [0, 0.05) is 18.5 Å². The molecule has 1 aliphatic heterocycles. The largest absolute Gasteiger partial charge is 0.416 e. The predicted octanol–water partition coefficient (Wildman–Crippen LogP) is 4.70. The highest BCUT2D eigenvalue weighted by atomic mass is 35.5. The van der Waals surface area contributed by atoms with E-state index in [9.17, 15) is 18.0 Å². The Hall–Kier alpha value is -1.18. The fraction of sp³-hybridized carbons (Fsp3) is 0.588. The molecule has 1 aromatic rings. The third-order valence-corrected chi connectivity index (χ3v) is 4.16. The van der Waals surface area contributed by atoms with Gasteiger partial charge in [0.1, 0.15) is 0 Å². The van der Waals surface area contributed by atoms with Gasteiger partial charge < -0.3 is 16.0 Å². The number of nitrogens with one attached hydrogen (secondary N) is 3. The van der Waals surface area contributed by atoms with Crippen molar-refractivity contribution >= 4 is 42.1 Å². The van der Waals surface area contributed by atoms with Crippen LogP contribution < -0.4 is 16.0 Å². The van der Waals surface area contributed by atoms with Crippen LogP contribution in [0.1, 0.15) is 38.7 Å². The molecule has 26 heavy (non-hydrogen) atoms. The van der Waals surface area contributed by atoms with Crippen molar-refractivity contribution < 1.29 is 18.0 Å². The Bertz CT molecular complexity index is 585. The van der Waals surface area contributed by atoms with E-state index in [4.69, 9.17) is 0 Å². The van der Waals surface area contributed by atoms with Crippen molar-refractivity contribution in [1.82, 2.24) is 5.32 Å². The van der Waals surface area contributed by atoms with Crippen LogP contribution in [0.15, 0.2) is 18.2 Å². The summed E-state index contributed by atoms with van der Waals surface area (Å²) < 4.78 is 38.9. The van der Waals surface area contributed by atoms with E-state index in [1.54, 1.807) is 0 Å². The third-order valence-electron chi connectivity index (χ3n) is 4.16. The number of anilines is 2. The number of hydrogen-bond acceptors (Lipinski definition) is 3. The Morgan fingerprint density at radius 2 is 1.96 bits per heavy atom. The Balaban J connectivity index is 0.00000312. The number of halogens is 5. The number of alkyl halides is 3. The molecule has 3 N–H and O–H groups in total. The minimum atomic E-state index is -4.44. The highest BCUT2D eigenvalue weighted by Gasteiger charge is 2.32. The second-order valence-corrected chi connectivity index (χ2v) is 6.25. The maximum absolute atomic E-state index is 13.0. The number of benzene rings is 1. The maximum atomic E-state index is 13.0. The minimum absolute atomic E-state index is 0. The van der Waals surface area contributed by atoms with Crippen molar-refractivity contribution in [3.05, 3.63) is 23.8 Å². The van der Waals surface area contributed by atoms with E-state index in [1.165, 1.54) is 6.07 Å². The smallest absolute Gasteiger partial charge is 0.383 e. The standard InChI is InChI=1S/C17H24F3N3O.2ClH/c1-3-7-22-14-5-4-13(17(18,19)20)10-15(14)23-16(24)12-6-8-21-11(2)9-12;;/h4-5,10-12,21-22H,3,6-9H2,1-2H3,(H,23,24);2*1H/t11-,12-;;/m0../s1. The Kier molecular flexibility index (Phi) is 10.4. The molecular weight excluding hydrogens is 390 g/mol. The molecule has 2 atom stereocenters. The summed E-state index contributed by atoms with van der Waals surface area (Å²) in [6, 6.07) is 3.63. The summed E-state index contributed by atoms with van der Waals surface area (Å²) in [5.41, 5.74) is -0.0619. The van der Waals surface area contributed by atoms with Crippen molar-refractivity contribution in [3.8, 4) is 0 Å². The fourth-order valence-electron chi connectivity index (χ4n) is 2.84. The molecule has 4 nitrogen and oxygen atoms in total. The summed E-state index contributed by atoms with van der Waals surface area (Å²) in [5, 5.41) is 9.02. The van der Waals surface area contributed by atoms with Gasteiger partial charge in [-0.2, -0.15) is 13.2 Å². The van der Waals surface area contributed by atoms with Gasteiger partial charge in [0.25, 0.3) is 0 Å². The zero-order chi connectivity index (χ0) is 17.7. The van der Waals surface area contributed by atoms with E-state index >= 15 is 0 Å². The molecule has 0 aliphatic carbocycles. The zero-order valence-corrected chi connectivity index (χ0v) is 16.4. The third kappa shape index (κ3) is 6.85. The van der Waals surface area contributed by atoms with Gasteiger partial charge in [-0.15, -0.1) is 24.8 Å². The van der Waals surface area contributed by atoms with Gasteiger partial charge in [0.15, 0.2) is 0 Å². The number of piperidine rings is 1. The van der Waals surface area contributed by atoms with Crippen LogP contribution in [0, 0.1) is 5.92 Å². The van der Waals surface area contributed by atoms with Gasteiger partial charge >= 0.3 is 6.18 Å². The summed E-state index contributed by atoms with van der Waals surface area (Å²) in [5.74, 6) is -0.406. The van der Waals surface area contributed by atoms with Crippen molar-refractivity contribution in [2.75, 3.05) is 23.7 Å². The Labute approximate surface area is 164 Å². The molecule has 1 aliphatic rings. The Morgan fingerprint density at radius 1 is 1.27 bits per heavy atom. The van der Waals surface area contributed by atoms with Crippen LogP contribution in [0.25, 0.3) is 0 Å². The highest BCUT2D eigenvalue weighted by molar-refractivity contribution is 5.96. The molecule has 1 saturated heterocycles. The average molecular weight is 416 g/mol. The summed E-state index contributed by atoms with van der Waals surface area (Å²) >= 11 is 0. The van der Waals surface area contributed by atoms with E-state index in [2.05, 4.69) is 16.0 Å². The number of amides is 1. The minimum Gasteiger partial charge on any atom is -0.383 e. The predicted molar refractivity (Wildman–Crippen MR) is 104 cm³/mol. The molecule has 0 aromatic heterocycles. The molecule has 0 unspecified atom stereocenters. The van der Waals surface area contributed by atoms with Crippen molar-refractivity contribution in [1.29, 1.82) is 0 Å². The first kappa shape index (κ1) is 24.8. The molecule has 0 bridgehead atoms. The number of hydrogen-bond donors (Lipinski definition) is 3. The summed E-state index contributed by atoms with van der Waals surface area (Å²) in [7, 11) is 0. The van der Waals surface area contributed by atoms with Gasteiger partial charge in [0.05, 0.1) is 16.9 Å². The number of carbonyl (C=O) groups is 1. The van der Waals surface area contributed by atoms with E-state index < -0.39 is 11.7 Å². The van der Waals surface area contributed by atoms with Crippen LogP contribution in [0.4, 0.5) is 24.5 Å². The molecule has 150 valence electrons. The van der Waals surface area contributed by atoms with Crippen LogP contribution in [-0.2, 0) is 11.0 Å². The summed E-state index contributed by atoms with van der Waals surface area (Å²) in [6.45, 7) is 5.32. The first-order valence-corrected chi connectivity index (χ1v) is 8.30. The van der Waals surface area contributed by atoms with Gasteiger partial charge in [-0.25, -0.2) is 0 Å². The number of rotatable bonds is 5. The lowest BCUT2D eigenvalue weighted by molar-refractivity contribution is -0.137. The van der Waals surface area contributed by atoms with E-state index in [1.807, 2.05) is 13.8 Å². The number of carbonyl (C=O) groups excluding carboxylic acids is 1. The summed E-state index contributed by atoms with van der Waals surface area (Å²) in [6.07, 6.45) is -2.23. The first-order chi connectivity index (χ1) is 11.3. The molecule has 0 spiro atoms.